The van der Waals surface area contributed by atoms with Crippen molar-refractivity contribution in [1.29, 1.82) is 0 Å². The van der Waals surface area contributed by atoms with Gasteiger partial charge < -0.3 is 10.1 Å². The average Bonchev–Trinajstić information content (AvgIpc) is 2.47. The second-order valence-electron chi connectivity index (χ2n) is 6.20. The largest absolute Gasteiger partial charge is 0.494 e. The van der Waals surface area contributed by atoms with E-state index in [-0.39, 0.29) is 17.9 Å². The van der Waals surface area contributed by atoms with Gasteiger partial charge in [0.1, 0.15) is 11.8 Å². The van der Waals surface area contributed by atoms with Gasteiger partial charge in [-0.15, -0.1) is 0 Å². The van der Waals surface area contributed by atoms with Gasteiger partial charge in [0.05, 0.1) is 18.6 Å². The summed E-state index contributed by atoms with van der Waals surface area (Å²) < 4.78 is 30.9. The normalized spacial score (nSPS) is 14.1. The van der Waals surface area contributed by atoms with Crippen LogP contribution >= 0.6 is 0 Å². The Labute approximate surface area is 145 Å². The minimum Gasteiger partial charge on any atom is -0.494 e. The molecule has 0 bridgehead atoms. The van der Waals surface area contributed by atoms with Gasteiger partial charge in [-0.3, -0.25) is 9.10 Å². The van der Waals surface area contributed by atoms with Crippen LogP contribution in [0.3, 0.4) is 0 Å². The first-order chi connectivity index (χ1) is 11.1. The summed E-state index contributed by atoms with van der Waals surface area (Å²) in [5.74, 6) is 0.592. The van der Waals surface area contributed by atoms with E-state index in [4.69, 9.17) is 4.74 Å². The third-order valence-corrected chi connectivity index (χ3v) is 5.10. The molecule has 0 aromatic heterocycles. The van der Waals surface area contributed by atoms with E-state index in [1.165, 1.54) is 0 Å². The van der Waals surface area contributed by atoms with Gasteiger partial charge in [0.25, 0.3) is 0 Å². The summed E-state index contributed by atoms with van der Waals surface area (Å²) in [5, 5.41) is 2.86. The Kier molecular flexibility index (Phi) is 7.08. The summed E-state index contributed by atoms with van der Waals surface area (Å²) in [6.45, 7) is 9.88. The number of amides is 1. The van der Waals surface area contributed by atoms with Crippen molar-refractivity contribution >= 4 is 21.6 Å². The van der Waals surface area contributed by atoms with Crippen molar-refractivity contribution in [1.82, 2.24) is 5.32 Å². The van der Waals surface area contributed by atoms with Crippen LogP contribution in [0, 0.1) is 5.92 Å². The number of benzene rings is 1. The maximum atomic E-state index is 12.4. The van der Waals surface area contributed by atoms with Crippen molar-refractivity contribution in [3.8, 4) is 5.75 Å². The van der Waals surface area contributed by atoms with Crippen LogP contribution in [0.2, 0.25) is 0 Å². The Bertz CT molecular complexity index is 641. The van der Waals surface area contributed by atoms with E-state index >= 15 is 0 Å². The lowest BCUT2D eigenvalue weighted by Gasteiger charge is -2.30. The van der Waals surface area contributed by atoms with Crippen LogP contribution in [0.25, 0.3) is 0 Å². The fraction of sp³-hybridized carbons (Fsp3) is 0.588. The molecule has 0 radical (unpaired) electrons. The lowest BCUT2D eigenvalue weighted by molar-refractivity contribution is -0.122. The van der Waals surface area contributed by atoms with Crippen molar-refractivity contribution in [2.24, 2.45) is 5.92 Å². The first-order valence-corrected chi connectivity index (χ1v) is 9.95. The van der Waals surface area contributed by atoms with Gasteiger partial charge in [0.15, 0.2) is 0 Å². The summed E-state index contributed by atoms with van der Waals surface area (Å²) in [4.78, 5) is 12.4. The molecule has 0 aliphatic rings. The first kappa shape index (κ1) is 20.3. The SMILES string of the molecule is CCOc1ccc(N([C@@H](C)C(=O)N[C@H](C)C(C)C)S(C)(=O)=O)cc1. The quantitative estimate of drug-likeness (QED) is 0.776. The molecule has 7 heteroatoms. The number of carbonyl (C=O) groups is 1. The molecule has 2 atom stereocenters. The van der Waals surface area contributed by atoms with Gasteiger partial charge in [-0.2, -0.15) is 0 Å². The van der Waals surface area contributed by atoms with Crippen molar-refractivity contribution in [2.45, 2.75) is 46.7 Å². The van der Waals surface area contributed by atoms with Crippen LogP contribution in [-0.4, -0.2) is 39.3 Å². The van der Waals surface area contributed by atoms with Crippen LogP contribution in [0.1, 0.15) is 34.6 Å². The van der Waals surface area contributed by atoms with E-state index in [0.717, 1.165) is 10.6 Å². The predicted octanol–water partition coefficient (Wildman–Crippen LogP) is 2.40. The Morgan fingerprint density at radius 1 is 1.17 bits per heavy atom. The standard InChI is InChI=1S/C17H28N2O4S/c1-7-23-16-10-8-15(9-11-16)19(24(6,21)22)14(5)17(20)18-13(4)12(2)3/h8-14H,7H2,1-6H3,(H,18,20)/t13-,14+/m1/s1. The van der Waals surface area contributed by atoms with Gasteiger partial charge >= 0.3 is 0 Å². The molecule has 0 unspecified atom stereocenters. The molecule has 0 aliphatic carbocycles. The van der Waals surface area contributed by atoms with Crippen LogP contribution < -0.4 is 14.4 Å². The zero-order valence-electron chi connectivity index (χ0n) is 15.2. The predicted molar refractivity (Wildman–Crippen MR) is 96.8 cm³/mol. The highest BCUT2D eigenvalue weighted by atomic mass is 32.2. The van der Waals surface area contributed by atoms with Crippen molar-refractivity contribution < 1.29 is 17.9 Å². The van der Waals surface area contributed by atoms with Crippen molar-refractivity contribution in [3.63, 3.8) is 0 Å². The Hall–Kier alpha value is -1.76. The Morgan fingerprint density at radius 3 is 2.12 bits per heavy atom. The maximum Gasteiger partial charge on any atom is 0.243 e. The third-order valence-electron chi connectivity index (χ3n) is 3.86. The van der Waals surface area contributed by atoms with Gasteiger partial charge in [-0.05, 0) is 51.0 Å². The van der Waals surface area contributed by atoms with E-state index in [1.54, 1.807) is 31.2 Å². The molecule has 1 N–H and O–H groups in total. The minimum atomic E-state index is -3.61. The van der Waals surface area contributed by atoms with Crippen LogP contribution in [0.15, 0.2) is 24.3 Å². The van der Waals surface area contributed by atoms with Gasteiger partial charge in [0, 0.05) is 6.04 Å². The summed E-state index contributed by atoms with van der Waals surface area (Å²) in [7, 11) is -3.61. The molecular weight excluding hydrogens is 328 g/mol. The number of anilines is 1. The third kappa shape index (κ3) is 5.40. The molecule has 0 saturated heterocycles. The fourth-order valence-electron chi connectivity index (χ4n) is 2.18. The highest BCUT2D eigenvalue weighted by molar-refractivity contribution is 7.92. The second-order valence-corrected chi connectivity index (χ2v) is 8.06. The van der Waals surface area contributed by atoms with Crippen LogP contribution in [-0.2, 0) is 14.8 Å². The average molecular weight is 356 g/mol. The number of hydrogen-bond donors (Lipinski definition) is 1. The molecule has 0 spiro atoms. The lowest BCUT2D eigenvalue weighted by atomic mass is 10.1. The summed E-state index contributed by atoms with van der Waals surface area (Å²) >= 11 is 0. The highest BCUT2D eigenvalue weighted by Gasteiger charge is 2.30. The van der Waals surface area contributed by atoms with E-state index in [2.05, 4.69) is 5.32 Å². The smallest absolute Gasteiger partial charge is 0.243 e. The van der Waals surface area contributed by atoms with Crippen LogP contribution in [0.4, 0.5) is 5.69 Å². The van der Waals surface area contributed by atoms with E-state index in [0.29, 0.717) is 18.0 Å². The minimum absolute atomic E-state index is 0.0401. The fourth-order valence-corrected chi connectivity index (χ4v) is 3.35. The van der Waals surface area contributed by atoms with Gasteiger partial charge in [-0.1, -0.05) is 13.8 Å². The molecule has 0 saturated carbocycles. The molecule has 24 heavy (non-hydrogen) atoms. The molecule has 0 aliphatic heterocycles. The zero-order chi connectivity index (χ0) is 18.5. The number of rotatable bonds is 8. The Balaban J connectivity index is 3.07. The maximum absolute atomic E-state index is 12.4. The van der Waals surface area contributed by atoms with E-state index in [9.17, 15) is 13.2 Å². The molecule has 0 fully saturated rings. The van der Waals surface area contributed by atoms with Gasteiger partial charge in [0.2, 0.25) is 15.9 Å². The van der Waals surface area contributed by atoms with E-state index in [1.807, 2.05) is 27.7 Å². The molecule has 0 heterocycles. The lowest BCUT2D eigenvalue weighted by Crippen LogP contribution is -2.50. The number of ether oxygens (including phenoxy) is 1. The highest BCUT2D eigenvalue weighted by Crippen LogP contribution is 2.24. The number of sulfonamides is 1. The number of carbonyl (C=O) groups excluding carboxylic acids is 1. The molecule has 1 aromatic rings. The Morgan fingerprint density at radius 2 is 1.71 bits per heavy atom. The molecular formula is C17H28N2O4S. The second kappa shape index (κ2) is 8.37. The first-order valence-electron chi connectivity index (χ1n) is 8.10. The zero-order valence-corrected chi connectivity index (χ0v) is 16.1. The van der Waals surface area contributed by atoms with E-state index < -0.39 is 16.1 Å². The monoisotopic (exact) mass is 356 g/mol. The molecule has 1 aromatic carbocycles. The van der Waals surface area contributed by atoms with Crippen molar-refractivity contribution in [3.05, 3.63) is 24.3 Å². The summed E-state index contributed by atoms with van der Waals surface area (Å²) in [6.07, 6.45) is 1.10. The van der Waals surface area contributed by atoms with Crippen LogP contribution in [0.5, 0.6) is 5.75 Å². The summed E-state index contributed by atoms with van der Waals surface area (Å²) in [5.41, 5.74) is 0.431. The molecule has 136 valence electrons. The van der Waals surface area contributed by atoms with Gasteiger partial charge in [-0.25, -0.2) is 8.42 Å². The molecule has 1 rings (SSSR count). The topological polar surface area (TPSA) is 75.7 Å². The molecule has 6 nitrogen and oxygen atoms in total. The molecule has 1 amide bonds. The summed E-state index contributed by atoms with van der Waals surface area (Å²) in [6, 6.07) is 5.78. The number of nitrogens with zero attached hydrogens (tertiary/aromatic N) is 1. The number of nitrogens with one attached hydrogen (secondary N) is 1. The van der Waals surface area contributed by atoms with Crippen molar-refractivity contribution in [2.75, 3.05) is 17.2 Å². The number of hydrogen-bond acceptors (Lipinski definition) is 4.